The van der Waals surface area contributed by atoms with Crippen molar-refractivity contribution < 1.29 is 13.2 Å². The van der Waals surface area contributed by atoms with Gasteiger partial charge in [0.05, 0.1) is 21.3 Å². The van der Waals surface area contributed by atoms with Crippen molar-refractivity contribution in [3.05, 3.63) is 58.1 Å². The topological polar surface area (TPSA) is 43.4 Å². The quantitative estimate of drug-likeness (QED) is 0.673. The van der Waals surface area contributed by atoms with E-state index in [1.54, 1.807) is 19.2 Å². The van der Waals surface area contributed by atoms with Crippen LogP contribution in [0.2, 0.25) is 0 Å². The Bertz CT molecular complexity index is 740. The monoisotopic (exact) mass is 432 g/mol. The highest BCUT2D eigenvalue weighted by molar-refractivity contribution is 9.10. The number of sulfone groups is 1. The molecule has 0 aromatic heterocycles. The van der Waals surface area contributed by atoms with Gasteiger partial charge in [0.1, 0.15) is 5.75 Å². The highest BCUT2D eigenvalue weighted by Crippen LogP contribution is 2.35. The fraction of sp³-hybridized carbons (Fsp3) is 0.200. The molecule has 0 spiro atoms. The Hall–Kier alpha value is -0.850. The first-order valence-electron chi connectivity index (χ1n) is 6.10. The van der Waals surface area contributed by atoms with Crippen LogP contribution < -0.4 is 4.74 Å². The second kappa shape index (κ2) is 6.50. The van der Waals surface area contributed by atoms with Crippen molar-refractivity contribution in [3.8, 4) is 5.75 Å². The van der Waals surface area contributed by atoms with E-state index in [1.165, 1.54) is 6.26 Å². The molecule has 0 radical (unpaired) electrons. The summed E-state index contributed by atoms with van der Waals surface area (Å²) in [6, 6.07) is 12.7. The van der Waals surface area contributed by atoms with Gasteiger partial charge in [-0.1, -0.05) is 34.1 Å². The third-order valence-electron chi connectivity index (χ3n) is 3.07. The zero-order chi connectivity index (χ0) is 15.6. The van der Waals surface area contributed by atoms with Gasteiger partial charge in [0.2, 0.25) is 0 Å². The number of ether oxygens (including phenoxy) is 1. The van der Waals surface area contributed by atoms with E-state index in [0.29, 0.717) is 4.90 Å². The molecular formula is C15H14Br2O3S. The summed E-state index contributed by atoms with van der Waals surface area (Å²) in [4.78, 5) is 0.301. The smallest absolute Gasteiger partial charge is 0.175 e. The summed E-state index contributed by atoms with van der Waals surface area (Å²) in [6.07, 6.45) is 1.20. The van der Waals surface area contributed by atoms with Crippen molar-refractivity contribution in [1.29, 1.82) is 0 Å². The van der Waals surface area contributed by atoms with Crippen molar-refractivity contribution in [3.63, 3.8) is 0 Å². The van der Waals surface area contributed by atoms with E-state index >= 15 is 0 Å². The molecule has 2 aromatic rings. The molecule has 2 rings (SSSR count). The summed E-state index contributed by atoms with van der Waals surface area (Å²) in [6.45, 7) is 0. The number of halogens is 2. The molecule has 112 valence electrons. The minimum Gasteiger partial charge on any atom is -0.496 e. The molecule has 0 saturated carbocycles. The summed E-state index contributed by atoms with van der Waals surface area (Å²) >= 11 is 7.10. The molecule has 0 saturated heterocycles. The predicted octanol–water partition coefficient (Wildman–Crippen LogP) is 4.35. The van der Waals surface area contributed by atoms with Crippen LogP contribution in [-0.2, 0) is 9.84 Å². The van der Waals surface area contributed by atoms with Crippen LogP contribution in [0.15, 0.2) is 51.8 Å². The maximum absolute atomic E-state index is 11.5. The molecule has 6 heteroatoms. The Morgan fingerprint density at radius 1 is 1.05 bits per heavy atom. The zero-order valence-electron chi connectivity index (χ0n) is 11.5. The Balaban J connectivity index is 2.31. The Kier molecular flexibility index (Phi) is 5.11. The summed E-state index contributed by atoms with van der Waals surface area (Å²) in [5.41, 5.74) is 2.04. The van der Waals surface area contributed by atoms with Gasteiger partial charge in [0.25, 0.3) is 0 Å². The highest BCUT2D eigenvalue weighted by Gasteiger charge is 2.14. The number of hydrogen-bond donors (Lipinski definition) is 0. The molecule has 0 aliphatic heterocycles. The van der Waals surface area contributed by atoms with E-state index in [-0.39, 0.29) is 4.83 Å². The summed E-state index contributed by atoms with van der Waals surface area (Å²) in [5.74, 6) is 0.769. The summed E-state index contributed by atoms with van der Waals surface area (Å²) in [5, 5.41) is 0. The molecule has 0 fully saturated rings. The number of methoxy groups -OCH3 is 1. The second-order valence-corrected chi connectivity index (χ2v) is 8.38. The number of hydrogen-bond acceptors (Lipinski definition) is 3. The second-order valence-electron chi connectivity index (χ2n) is 4.60. The van der Waals surface area contributed by atoms with Gasteiger partial charge in [-0.15, -0.1) is 0 Å². The fourth-order valence-electron chi connectivity index (χ4n) is 1.92. The van der Waals surface area contributed by atoms with Crippen molar-refractivity contribution in [1.82, 2.24) is 0 Å². The molecule has 21 heavy (non-hydrogen) atoms. The largest absolute Gasteiger partial charge is 0.496 e. The van der Waals surface area contributed by atoms with Crippen LogP contribution in [0.3, 0.4) is 0 Å². The van der Waals surface area contributed by atoms with Crippen LogP contribution in [0.25, 0.3) is 0 Å². The average Bonchev–Trinajstić information content (AvgIpc) is 2.45. The van der Waals surface area contributed by atoms with Gasteiger partial charge >= 0.3 is 0 Å². The molecule has 0 bridgehead atoms. The fourth-order valence-corrected chi connectivity index (χ4v) is 3.70. The standard InChI is InChI=1S/C15H14Br2O3S/c1-20-14-8-5-11(9-13(14)16)15(17)10-3-6-12(7-4-10)21(2,18)19/h3-9,15H,1-2H3. The molecule has 0 aliphatic rings. The molecule has 0 N–H and O–H groups in total. The molecule has 0 amide bonds. The minimum atomic E-state index is -3.16. The number of rotatable bonds is 4. The Labute approximate surface area is 141 Å². The molecule has 0 aliphatic carbocycles. The lowest BCUT2D eigenvalue weighted by Gasteiger charge is -2.13. The molecule has 1 unspecified atom stereocenters. The van der Waals surface area contributed by atoms with E-state index < -0.39 is 9.84 Å². The lowest BCUT2D eigenvalue weighted by atomic mass is 10.0. The van der Waals surface area contributed by atoms with Crippen molar-refractivity contribution in [2.24, 2.45) is 0 Å². The number of benzene rings is 2. The zero-order valence-corrected chi connectivity index (χ0v) is 15.5. The highest BCUT2D eigenvalue weighted by atomic mass is 79.9. The van der Waals surface area contributed by atoms with Gasteiger partial charge in [-0.3, -0.25) is 0 Å². The van der Waals surface area contributed by atoms with Crippen LogP contribution in [0, 0.1) is 0 Å². The summed E-state index contributed by atoms with van der Waals surface area (Å²) < 4.78 is 29.0. The van der Waals surface area contributed by atoms with Gasteiger partial charge in [-0.2, -0.15) is 0 Å². The average molecular weight is 434 g/mol. The molecular weight excluding hydrogens is 420 g/mol. The Morgan fingerprint density at radius 2 is 1.62 bits per heavy atom. The predicted molar refractivity (Wildman–Crippen MR) is 91.0 cm³/mol. The molecule has 0 heterocycles. The van der Waals surface area contributed by atoms with Crippen molar-refractivity contribution in [2.75, 3.05) is 13.4 Å². The van der Waals surface area contributed by atoms with Gasteiger partial charge < -0.3 is 4.74 Å². The van der Waals surface area contributed by atoms with Crippen LogP contribution >= 0.6 is 31.9 Å². The van der Waals surface area contributed by atoms with Crippen LogP contribution in [-0.4, -0.2) is 21.8 Å². The van der Waals surface area contributed by atoms with E-state index in [2.05, 4.69) is 31.9 Å². The van der Waals surface area contributed by atoms with E-state index in [0.717, 1.165) is 21.3 Å². The lowest BCUT2D eigenvalue weighted by molar-refractivity contribution is 0.412. The van der Waals surface area contributed by atoms with Crippen molar-refractivity contribution >= 4 is 41.7 Å². The van der Waals surface area contributed by atoms with Crippen molar-refractivity contribution in [2.45, 2.75) is 9.72 Å². The normalized spacial score (nSPS) is 13.0. The third-order valence-corrected chi connectivity index (χ3v) is 5.87. The van der Waals surface area contributed by atoms with Gasteiger partial charge in [-0.25, -0.2) is 8.42 Å². The number of alkyl halides is 1. The van der Waals surface area contributed by atoms with Crippen LogP contribution in [0.5, 0.6) is 5.75 Å². The third kappa shape index (κ3) is 3.87. The van der Waals surface area contributed by atoms with E-state index in [1.807, 2.05) is 30.3 Å². The Morgan fingerprint density at radius 3 is 2.10 bits per heavy atom. The SMILES string of the molecule is COc1ccc(C(Br)c2ccc(S(C)(=O)=O)cc2)cc1Br. The minimum absolute atomic E-state index is 0.0201. The first-order chi connectivity index (χ1) is 9.82. The van der Waals surface area contributed by atoms with Gasteiger partial charge in [-0.05, 0) is 51.3 Å². The molecule has 1 atom stereocenters. The summed E-state index contributed by atoms with van der Waals surface area (Å²) in [7, 11) is -1.54. The molecule has 2 aromatic carbocycles. The van der Waals surface area contributed by atoms with Crippen LogP contribution in [0.4, 0.5) is 0 Å². The maximum atomic E-state index is 11.5. The first-order valence-corrected chi connectivity index (χ1v) is 9.70. The van der Waals surface area contributed by atoms with Crippen LogP contribution in [0.1, 0.15) is 16.0 Å². The van der Waals surface area contributed by atoms with Gasteiger partial charge in [0, 0.05) is 6.26 Å². The van der Waals surface area contributed by atoms with Gasteiger partial charge in [0.15, 0.2) is 9.84 Å². The molecule has 3 nitrogen and oxygen atoms in total. The van der Waals surface area contributed by atoms with E-state index in [4.69, 9.17) is 4.74 Å². The maximum Gasteiger partial charge on any atom is 0.175 e. The first kappa shape index (κ1) is 16.5. The van der Waals surface area contributed by atoms with E-state index in [9.17, 15) is 8.42 Å². The lowest BCUT2D eigenvalue weighted by Crippen LogP contribution is -1.98.